The van der Waals surface area contributed by atoms with Crippen molar-refractivity contribution in [3.05, 3.63) is 28.4 Å². The molecule has 0 amide bonds. The van der Waals surface area contributed by atoms with E-state index in [-0.39, 0.29) is 18.2 Å². The van der Waals surface area contributed by atoms with Gasteiger partial charge in [-0.3, -0.25) is 4.79 Å². The van der Waals surface area contributed by atoms with Crippen molar-refractivity contribution in [3.8, 4) is 0 Å². The van der Waals surface area contributed by atoms with Gasteiger partial charge in [-0.25, -0.2) is 0 Å². The first-order chi connectivity index (χ1) is 8.49. The van der Waals surface area contributed by atoms with Crippen LogP contribution in [-0.4, -0.2) is 27.5 Å². The van der Waals surface area contributed by atoms with Crippen LogP contribution in [0.15, 0.2) is 18.3 Å². The summed E-state index contributed by atoms with van der Waals surface area (Å²) >= 11 is 0. The maximum Gasteiger partial charge on any atom is 0.363 e. The van der Waals surface area contributed by atoms with E-state index in [9.17, 15) is 14.9 Å². The Labute approximate surface area is 104 Å². The molecule has 7 heteroatoms. The molecule has 2 N–H and O–H groups in total. The molecule has 0 radical (unpaired) electrons. The first kappa shape index (κ1) is 13.9. The van der Waals surface area contributed by atoms with Crippen LogP contribution in [0.1, 0.15) is 19.8 Å². The lowest BCUT2D eigenvalue weighted by Crippen LogP contribution is -2.12. The Balaban J connectivity index is 2.39. The molecular weight excluding hydrogens is 238 g/mol. The molecule has 0 aromatic carbocycles. The Morgan fingerprint density at radius 2 is 2.33 bits per heavy atom. The number of hydrogen-bond donors (Lipinski definition) is 2. The van der Waals surface area contributed by atoms with Gasteiger partial charge in [0.05, 0.1) is 5.69 Å². The molecule has 0 aliphatic heterocycles. The minimum Gasteiger partial charge on any atom is -0.481 e. The van der Waals surface area contributed by atoms with Crippen LogP contribution in [0.3, 0.4) is 0 Å². The average molecular weight is 253 g/mol. The highest BCUT2D eigenvalue weighted by atomic mass is 16.6. The van der Waals surface area contributed by atoms with E-state index in [2.05, 4.69) is 10.3 Å². The molecule has 1 heterocycles. The highest BCUT2D eigenvalue weighted by Crippen LogP contribution is 2.13. The van der Waals surface area contributed by atoms with Crippen LogP contribution >= 0.6 is 0 Å². The highest BCUT2D eigenvalue weighted by molar-refractivity contribution is 5.66. The average Bonchev–Trinajstić information content (AvgIpc) is 2.34. The molecule has 0 saturated carbocycles. The number of nitrogens with zero attached hydrogens (tertiary/aromatic N) is 2. The smallest absolute Gasteiger partial charge is 0.363 e. The number of aliphatic carboxylic acids is 1. The predicted molar refractivity (Wildman–Crippen MR) is 65.4 cm³/mol. The van der Waals surface area contributed by atoms with E-state index in [0.717, 1.165) is 0 Å². The SMILES string of the molecule is CC(CCC(=O)O)CNc1ccc([N+](=O)[O-])nc1. The second-order valence-corrected chi connectivity index (χ2v) is 4.08. The van der Waals surface area contributed by atoms with Crippen molar-refractivity contribution in [1.82, 2.24) is 4.98 Å². The number of carboxylic acid groups (broad SMARTS) is 1. The number of nitrogens with one attached hydrogen (secondary N) is 1. The third kappa shape index (κ3) is 4.77. The Morgan fingerprint density at radius 1 is 1.61 bits per heavy atom. The Kier molecular flexibility index (Phi) is 5.04. The fraction of sp³-hybridized carbons (Fsp3) is 0.455. The zero-order chi connectivity index (χ0) is 13.5. The van der Waals surface area contributed by atoms with Crippen LogP contribution in [0, 0.1) is 16.0 Å². The van der Waals surface area contributed by atoms with E-state index in [1.54, 1.807) is 6.07 Å². The van der Waals surface area contributed by atoms with Gasteiger partial charge in [-0.05, 0) is 28.3 Å². The topological polar surface area (TPSA) is 105 Å². The number of anilines is 1. The molecule has 0 fully saturated rings. The highest BCUT2D eigenvalue weighted by Gasteiger charge is 2.08. The summed E-state index contributed by atoms with van der Waals surface area (Å²) in [6, 6.07) is 2.90. The van der Waals surface area contributed by atoms with Crippen LogP contribution in [-0.2, 0) is 4.79 Å². The standard InChI is InChI=1S/C11H15N3O4/c1-8(2-5-11(15)16)6-12-9-3-4-10(13-7-9)14(17)18/h3-4,7-8,12H,2,5-6H2,1H3,(H,15,16). The van der Waals surface area contributed by atoms with Gasteiger partial charge < -0.3 is 20.5 Å². The molecule has 0 aliphatic rings. The summed E-state index contributed by atoms with van der Waals surface area (Å²) in [5.41, 5.74) is 0.683. The summed E-state index contributed by atoms with van der Waals surface area (Å²) in [7, 11) is 0. The predicted octanol–water partition coefficient (Wildman–Crippen LogP) is 1.90. The second-order valence-electron chi connectivity index (χ2n) is 4.08. The van der Waals surface area contributed by atoms with Crippen molar-refractivity contribution in [2.24, 2.45) is 5.92 Å². The first-order valence-electron chi connectivity index (χ1n) is 5.55. The van der Waals surface area contributed by atoms with Gasteiger partial charge in [0.25, 0.3) is 0 Å². The lowest BCUT2D eigenvalue weighted by Gasteiger charge is -2.11. The van der Waals surface area contributed by atoms with Gasteiger partial charge in [-0.15, -0.1) is 0 Å². The lowest BCUT2D eigenvalue weighted by molar-refractivity contribution is -0.389. The molecule has 7 nitrogen and oxygen atoms in total. The monoisotopic (exact) mass is 253 g/mol. The van der Waals surface area contributed by atoms with Gasteiger partial charge in [-0.2, -0.15) is 0 Å². The maximum atomic E-state index is 10.4. The first-order valence-corrected chi connectivity index (χ1v) is 5.55. The van der Waals surface area contributed by atoms with Gasteiger partial charge in [0.15, 0.2) is 6.20 Å². The molecule has 1 atom stereocenters. The minimum atomic E-state index is -0.807. The number of pyridine rings is 1. The van der Waals surface area contributed by atoms with Crippen LogP contribution in [0.4, 0.5) is 11.5 Å². The molecule has 1 unspecified atom stereocenters. The Bertz CT molecular complexity index is 419. The fourth-order valence-corrected chi connectivity index (χ4v) is 1.36. The summed E-state index contributed by atoms with van der Waals surface area (Å²) in [6.07, 6.45) is 2.12. The summed E-state index contributed by atoms with van der Waals surface area (Å²) < 4.78 is 0. The van der Waals surface area contributed by atoms with Crippen molar-refractivity contribution >= 4 is 17.5 Å². The Morgan fingerprint density at radius 3 is 2.83 bits per heavy atom. The van der Waals surface area contributed by atoms with Crippen molar-refractivity contribution in [2.45, 2.75) is 19.8 Å². The van der Waals surface area contributed by atoms with Crippen LogP contribution < -0.4 is 5.32 Å². The third-order valence-electron chi connectivity index (χ3n) is 2.44. The molecule has 1 aromatic heterocycles. The number of aromatic nitrogens is 1. The summed E-state index contributed by atoms with van der Waals surface area (Å²) in [5, 5.41) is 22.0. The van der Waals surface area contributed by atoms with E-state index in [0.29, 0.717) is 18.7 Å². The quantitative estimate of drug-likeness (QED) is 0.568. The molecule has 1 rings (SSSR count). The Hall–Kier alpha value is -2.18. The van der Waals surface area contributed by atoms with Gasteiger partial charge >= 0.3 is 11.8 Å². The number of carboxylic acids is 1. The van der Waals surface area contributed by atoms with Gasteiger partial charge in [0.2, 0.25) is 0 Å². The minimum absolute atomic E-state index is 0.140. The molecule has 0 saturated heterocycles. The van der Waals surface area contributed by atoms with Crippen LogP contribution in [0.5, 0.6) is 0 Å². The fourth-order valence-electron chi connectivity index (χ4n) is 1.36. The second kappa shape index (κ2) is 6.53. The van der Waals surface area contributed by atoms with Crippen LogP contribution in [0.25, 0.3) is 0 Å². The van der Waals surface area contributed by atoms with Crippen molar-refractivity contribution in [1.29, 1.82) is 0 Å². The molecule has 0 spiro atoms. The van der Waals surface area contributed by atoms with Gasteiger partial charge in [-0.1, -0.05) is 6.92 Å². The number of nitro groups is 1. The van der Waals surface area contributed by atoms with E-state index in [1.807, 2.05) is 6.92 Å². The van der Waals surface area contributed by atoms with E-state index in [1.165, 1.54) is 12.3 Å². The van der Waals surface area contributed by atoms with Gasteiger partial charge in [0.1, 0.15) is 0 Å². The lowest BCUT2D eigenvalue weighted by atomic mass is 10.1. The van der Waals surface area contributed by atoms with Crippen LogP contribution in [0.2, 0.25) is 0 Å². The van der Waals surface area contributed by atoms with Crippen molar-refractivity contribution in [2.75, 3.05) is 11.9 Å². The molecule has 0 bridgehead atoms. The molecular formula is C11H15N3O4. The summed E-state index contributed by atoms with van der Waals surface area (Å²) in [5.74, 6) is -0.797. The number of hydrogen-bond acceptors (Lipinski definition) is 5. The normalized spacial score (nSPS) is 11.8. The van der Waals surface area contributed by atoms with E-state index in [4.69, 9.17) is 5.11 Å². The summed E-state index contributed by atoms with van der Waals surface area (Å²) in [6.45, 7) is 2.54. The number of rotatable bonds is 7. The zero-order valence-electron chi connectivity index (χ0n) is 10.00. The molecule has 98 valence electrons. The molecule has 1 aromatic rings. The molecule has 18 heavy (non-hydrogen) atoms. The van der Waals surface area contributed by atoms with Crippen molar-refractivity contribution < 1.29 is 14.8 Å². The maximum absolute atomic E-state index is 10.4. The number of carbonyl (C=O) groups is 1. The zero-order valence-corrected chi connectivity index (χ0v) is 10.00. The largest absolute Gasteiger partial charge is 0.481 e. The summed E-state index contributed by atoms with van der Waals surface area (Å²) in [4.78, 5) is 23.9. The molecule has 0 aliphatic carbocycles. The van der Waals surface area contributed by atoms with E-state index < -0.39 is 10.9 Å². The van der Waals surface area contributed by atoms with E-state index >= 15 is 0 Å². The van der Waals surface area contributed by atoms with Gasteiger partial charge in [0, 0.05) is 19.0 Å². The van der Waals surface area contributed by atoms with Crippen molar-refractivity contribution in [3.63, 3.8) is 0 Å². The third-order valence-corrected chi connectivity index (χ3v) is 2.44.